The van der Waals surface area contributed by atoms with E-state index in [0.29, 0.717) is 68.0 Å². The molecule has 5 heterocycles. The van der Waals surface area contributed by atoms with Crippen LogP contribution in [0.15, 0.2) is 196 Å². The van der Waals surface area contributed by atoms with E-state index in [9.17, 15) is 53.4 Å². The number of aromatic amines is 5. The van der Waals surface area contributed by atoms with Gasteiger partial charge in [-0.15, -0.1) is 0 Å². The lowest BCUT2D eigenvalue weighted by atomic mass is 9.79. The smallest absolute Gasteiger partial charge is 0.343 e. The lowest BCUT2D eigenvalue weighted by molar-refractivity contribution is -0.142. The van der Waals surface area contributed by atoms with E-state index >= 15 is 0 Å². The van der Waals surface area contributed by atoms with Crippen molar-refractivity contribution < 1.29 is 53.5 Å². The highest BCUT2D eigenvalue weighted by atomic mass is 16.5. The Labute approximate surface area is 613 Å². The highest BCUT2D eigenvalue weighted by molar-refractivity contribution is 6.06. The van der Waals surface area contributed by atoms with Gasteiger partial charge in [0.2, 0.25) is 21.7 Å². The first-order chi connectivity index (χ1) is 49.9. The van der Waals surface area contributed by atoms with Crippen LogP contribution >= 0.6 is 0 Å². The van der Waals surface area contributed by atoms with Gasteiger partial charge in [-0.1, -0.05) is 150 Å². The summed E-state index contributed by atoms with van der Waals surface area (Å²) in [6, 6.07) is 43.1. The molecule has 0 aliphatic heterocycles. The molecule has 12 aromatic rings. The number of ether oxygens (including phenoxy) is 3. The number of anilines is 2. The van der Waals surface area contributed by atoms with Crippen LogP contribution in [0.5, 0.6) is 11.5 Å². The third-order valence-electron chi connectivity index (χ3n) is 16.7. The topological polar surface area (TPSA) is 359 Å². The number of carboxylic acids is 1. The Bertz CT molecular complexity index is 5300. The summed E-state index contributed by atoms with van der Waals surface area (Å²) in [6.07, 6.45) is 7.62. The Balaban J connectivity index is 0.000000182. The number of carboxylic acid groups (broad SMARTS) is 1. The van der Waals surface area contributed by atoms with Crippen LogP contribution in [-0.4, -0.2) is 89.8 Å². The van der Waals surface area contributed by atoms with E-state index in [1.807, 2.05) is 109 Å². The summed E-state index contributed by atoms with van der Waals surface area (Å²) in [5, 5.41) is 35.0. The normalized spacial score (nSPS) is 11.2. The van der Waals surface area contributed by atoms with Gasteiger partial charge in [0.1, 0.15) is 33.8 Å². The third-order valence-corrected chi connectivity index (χ3v) is 16.7. The Kier molecular flexibility index (Phi) is 26.6. The monoisotopic (exact) mass is 1440 g/mol. The molecule has 0 bridgehead atoms. The van der Waals surface area contributed by atoms with Crippen molar-refractivity contribution in [1.29, 1.82) is 0 Å². The molecule has 1 amide bonds. The Morgan fingerprint density at radius 3 is 1.08 bits per heavy atom. The van der Waals surface area contributed by atoms with Gasteiger partial charge in [0, 0.05) is 109 Å². The molecule has 22 nitrogen and oxygen atoms in total. The van der Waals surface area contributed by atoms with Gasteiger partial charge in [-0.3, -0.25) is 28.8 Å². The summed E-state index contributed by atoms with van der Waals surface area (Å²) >= 11 is 0. The predicted octanol–water partition coefficient (Wildman–Crippen LogP) is 15.6. The first-order valence-corrected chi connectivity index (χ1v) is 34.4. The van der Waals surface area contributed by atoms with Gasteiger partial charge >= 0.3 is 23.9 Å². The van der Waals surface area contributed by atoms with Crippen LogP contribution in [0.4, 0.5) is 11.4 Å². The number of phenolic OH excluding ortho intramolecular Hbond substituents is 2. The van der Waals surface area contributed by atoms with E-state index in [0.717, 1.165) is 38.7 Å². The Morgan fingerprint density at radius 2 is 0.708 bits per heavy atom. The standard InChI is InChI=1S/C24H28N2O3.C14H23NO.2C12H11NO3.C12H13NO2.C10H7NO3/c1-23(2,3)16-11-17(24(4,5)6)20(27)12-19(16)26-22(29)15-13-25-18-10-8-7-9-14(18)21(15)28;1-13(2,3)9-7-10(14(4,5)6)12(16)8-11(9)15;2*1-2-16-12(15)9-7-13-10-6-4-3-5-8(10)11(9)14;1-2-15-12(14)7-9-8-13-11-6-4-3-5-10(9)11;12-9-6-3-1-2-4-8(6)11-5-7(9)10(13)14/h7-13,27H,1-6H3,(H,25,28)(H,26,29);7-8,16H,15H2,1-6H3;2*3-7H,2H2,1H3,(H,13,14);3-6,8,13H,2,7H2,1H3;1-5H,(H,11,12)(H,13,14). The number of aromatic carboxylic acids is 1. The number of aromatic nitrogens is 5. The summed E-state index contributed by atoms with van der Waals surface area (Å²) in [6.45, 7) is 31.0. The Morgan fingerprint density at radius 1 is 0.396 bits per heavy atom. The minimum atomic E-state index is -1.21. The highest BCUT2D eigenvalue weighted by Gasteiger charge is 2.28. The molecule has 12 rings (SSSR count). The number of esters is 3. The van der Waals surface area contributed by atoms with Gasteiger partial charge < -0.3 is 65.5 Å². The SMILES string of the molecule is CC(C)(C)c1cc(C(C)(C)C)c(NC(=O)c2c[nH]c3ccccc3c2=O)cc1O.CC(C)(C)c1cc(C(C)(C)C)c(O)cc1N.CCOC(=O)Cc1c[nH]c2ccccc12.CCOC(=O)c1c[nH]c2ccccc2c1=O.CCOC(=O)c1c[nH]c2ccccc2c1=O.O=C(O)c1c[nH]c2ccccc2c1=O. The number of carbonyl (C=O) groups is 5. The van der Waals surface area contributed by atoms with Crippen molar-refractivity contribution in [2.24, 2.45) is 0 Å². The minimum Gasteiger partial charge on any atom is -0.508 e. The maximum absolute atomic E-state index is 12.9. The Hall–Kier alpha value is -12.3. The number of nitrogens with one attached hydrogen (secondary N) is 6. The van der Waals surface area contributed by atoms with E-state index in [1.54, 1.807) is 105 Å². The van der Waals surface area contributed by atoms with Crippen molar-refractivity contribution >= 4 is 95.7 Å². The molecule has 0 saturated heterocycles. The fraction of sp³-hybridized carbons (Fsp3) is 0.274. The summed E-state index contributed by atoms with van der Waals surface area (Å²) in [7, 11) is 0. The second-order valence-electron chi connectivity index (χ2n) is 28.7. The van der Waals surface area contributed by atoms with Crippen LogP contribution in [-0.2, 0) is 47.1 Å². The fourth-order valence-corrected chi connectivity index (χ4v) is 11.3. The summed E-state index contributed by atoms with van der Waals surface area (Å²) in [5.41, 5.74) is 13.6. The molecule has 0 unspecified atom stereocenters. The summed E-state index contributed by atoms with van der Waals surface area (Å²) in [5.74, 6) is -2.67. The van der Waals surface area contributed by atoms with E-state index in [1.165, 1.54) is 24.8 Å². The second kappa shape index (κ2) is 34.8. The minimum absolute atomic E-state index is 0.00220. The largest absolute Gasteiger partial charge is 0.508 e. The average molecular weight is 1440 g/mol. The summed E-state index contributed by atoms with van der Waals surface area (Å²) < 4.78 is 14.5. The maximum atomic E-state index is 12.9. The molecule has 0 saturated carbocycles. The molecule has 0 atom stereocenters. The molecule has 554 valence electrons. The number of H-pyrrole nitrogens is 5. The zero-order valence-electron chi connectivity index (χ0n) is 62.4. The lowest BCUT2D eigenvalue weighted by Gasteiger charge is -2.28. The number of benzene rings is 7. The van der Waals surface area contributed by atoms with Gasteiger partial charge in [-0.25, -0.2) is 14.4 Å². The van der Waals surface area contributed by atoms with Gasteiger partial charge in [-0.2, -0.15) is 0 Å². The zero-order valence-corrected chi connectivity index (χ0v) is 62.4. The first kappa shape index (κ1) is 81.0. The number of amides is 1. The van der Waals surface area contributed by atoms with Crippen molar-refractivity contribution in [2.45, 2.75) is 132 Å². The van der Waals surface area contributed by atoms with E-state index in [2.05, 4.69) is 71.8 Å². The molecule has 7 aromatic carbocycles. The maximum Gasteiger partial charge on any atom is 0.343 e. The molecule has 106 heavy (non-hydrogen) atoms. The van der Waals surface area contributed by atoms with E-state index < -0.39 is 29.2 Å². The molecule has 0 spiro atoms. The molecule has 0 aliphatic rings. The molecule has 0 radical (unpaired) electrons. The zero-order chi connectivity index (χ0) is 78.2. The number of nitrogens with two attached hydrogens (primary N) is 1. The van der Waals surface area contributed by atoms with Gasteiger partial charge in [-0.05, 0) is 137 Å². The number of carbonyl (C=O) groups excluding carboxylic acids is 4. The number of hydrogen-bond donors (Lipinski definition) is 10. The average Bonchev–Trinajstić information content (AvgIpc) is 1.75. The molecule has 5 aromatic heterocycles. The molecular formula is C84H93N7O15. The number of aromatic hydroxyl groups is 2. The molecule has 0 fully saturated rings. The second-order valence-corrected chi connectivity index (χ2v) is 28.7. The first-order valence-electron chi connectivity index (χ1n) is 34.4. The van der Waals surface area contributed by atoms with Crippen LogP contribution in [0.2, 0.25) is 0 Å². The van der Waals surface area contributed by atoms with Crippen LogP contribution in [0.25, 0.3) is 54.5 Å². The fourth-order valence-electron chi connectivity index (χ4n) is 11.3. The molecule has 11 N–H and O–H groups in total. The number of pyridine rings is 4. The number of nitrogen functional groups attached to an aromatic ring is 1. The van der Waals surface area contributed by atoms with Gasteiger partial charge in [0.25, 0.3) is 5.91 Å². The van der Waals surface area contributed by atoms with Crippen LogP contribution in [0.1, 0.15) is 173 Å². The van der Waals surface area contributed by atoms with E-state index in [4.69, 9.17) is 25.1 Å². The van der Waals surface area contributed by atoms with Crippen molar-refractivity contribution in [2.75, 3.05) is 30.9 Å². The predicted molar refractivity (Wildman–Crippen MR) is 419 cm³/mol. The highest BCUT2D eigenvalue weighted by Crippen LogP contribution is 2.41. The summed E-state index contributed by atoms with van der Waals surface area (Å²) in [4.78, 5) is 121. The number of hydrogen-bond acceptors (Lipinski definition) is 15. The van der Waals surface area contributed by atoms with Crippen LogP contribution in [0.3, 0.4) is 0 Å². The molecular weight excluding hydrogens is 1350 g/mol. The molecule has 0 aliphatic carbocycles. The van der Waals surface area contributed by atoms with Crippen molar-refractivity contribution in [3.63, 3.8) is 0 Å². The van der Waals surface area contributed by atoms with Gasteiger partial charge in [0.05, 0.1) is 26.2 Å². The lowest BCUT2D eigenvalue weighted by Crippen LogP contribution is -2.25. The van der Waals surface area contributed by atoms with Crippen molar-refractivity contribution in [3.05, 3.63) is 268 Å². The van der Waals surface area contributed by atoms with Crippen LogP contribution < -0.4 is 32.8 Å². The van der Waals surface area contributed by atoms with Crippen molar-refractivity contribution in [1.82, 2.24) is 24.9 Å². The number of fused-ring (bicyclic) bond motifs is 5. The van der Waals surface area contributed by atoms with Crippen molar-refractivity contribution in [3.8, 4) is 11.5 Å². The van der Waals surface area contributed by atoms with E-state index in [-0.39, 0.29) is 90.9 Å². The van der Waals surface area contributed by atoms with Gasteiger partial charge in [0.15, 0.2) is 0 Å². The number of para-hydroxylation sites is 5. The number of phenols is 2. The molecule has 22 heteroatoms. The quantitative estimate of drug-likeness (QED) is 0.0345. The van der Waals surface area contributed by atoms with Crippen LogP contribution in [0, 0.1) is 0 Å². The third kappa shape index (κ3) is 20.3. The number of rotatable bonds is 10.